The molecule has 5 nitrogen and oxygen atoms in total. The van der Waals surface area contributed by atoms with Crippen LogP contribution in [0, 0.1) is 5.92 Å². The predicted octanol–water partition coefficient (Wildman–Crippen LogP) is 3.12. The molecule has 0 unspecified atom stereocenters. The van der Waals surface area contributed by atoms with Crippen LogP contribution in [0.15, 0.2) is 54.6 Å². The SMILES string of the molecule is O=C(NC[C@]1(O)CC[C@@H](COc2ccccc2)CC1)c1ccc(O)cc1. The van der Waals surface area contributed by atoms with Gasteiger partial charge in [-0.15, -0.1) is 0 Å². The molecule has 1 amide bonds. The molecule has 26 heavy (non-hydrogen) atoms. The summed E-state index contributed by atoms with van der Waals surface area (Å²) >= 11 is 0. The lowest BCUT2D eigenvalue weighted by atomic mass is 9.79. The van der Waals surface area contributed by atoms with E-state index in [4.69, 9.17) is 4.74 Å². The third-order valence-corrected chi connectivity index (χ3v) is 4.97. The highest BCUT2D eigenvalue weighted by molar-refractivity contribution is 5.94. The average molecular weight is 355 g/mol. The molecule has 138 valence electrons. The van der Waals surface area contributed by atoms with Crippen molar-refractivity contribution in [3.63, 3.8) is 0 Å². The van der Waals surface area contributed by atoms with Crippen LogP contribution in [-0.2, 0) is 0 Å². The van der Waals surface area contributed by atoms with Crippen LogP contribution in [0.4, 0.5) is 0 Å². The first-order valence-corrected chi connectivity index (χ1v) is 9.02. The molecule has 3 rings (SSSR count). The van der Waals surface area contributed by atoms with Gasteiger partial charge in [0.15, 0.2) is 0 Å². The summed E-state index contributed by atoms with van der Waals surface area (Å²) in [6.07, 6.45) is 3.04. The lowest BCUT2D eigenvalue weighted by Crippen LogP contribution is -2.45. The van der Waals surface area contributed by atoms with Crippen molar-refractivity contribution in [1.29, 1.82) is 0 Å². The van der Waals surface area contributed by atoms with Crippen LogP contribution < -0.4 is 10.1 Å². The lowest BCUT2D eigenvalue weighted by Gasteiger charge is -2.36. The van der Waals surface area contributed by atoms with E-state index in [0.29, 0.717) is 30.9 Å². The molecule has 3 N–H and O–H groups in total. The van der Waals surface area contributed by atoms with Crippen molar-refractivity contribution in [2.24, 2.45) is 5.92 Å². The monoisotopic (exact) mass is 355 g/mol. The third-order valence-electron chi connectivity index (χ3n) is 4.97. The Morgan fingerprint density at radius 3 is 2.38 bits per heavy atom. The van der Waals surface area contributed by atoms with E-state index >= 15 is 0 Å². The molecule has 5 heteroatoms. The summed E-state index contributed by atoms with van der Waals surface area (Å²) in [5, 5.41) is 22.8. The number of carbonyl (C=O) groups is 1. The second-order valence-corrected chi connectivity index (χ2v) is 7.02. The zero-order chi connectivity index (χ0) is 18.4. The van der Waals surface area contributed by atoms with Crippen molar-refractivity contribution < 1.29 is 19.7 Å². The molecule has 0 bridgehead atoms. The number of aromatic hydroxyl groups is 1. The molecule has 1 aliphatic carbocycles. The highest BCUT2D eigenvalue weighted by Gasteiger charge is 2.33. The molecule has 0 radical (unpaired) electrons. The summed E-state index contributed by atoms with van der Waals surface area (Å²) in [5.74, 6) is 1.17. The smallest absolute Gasteiger partial charge is 0.251 e. The molecule has 0 aliphatic heterocycles. The van der Waals surface area contributed by atoms with Gasteiger partial charge in [-0.25, -0.2) is 0 Å². The first-order valence-electron chi connectivity index (χ1n) is 9.02. The Morgan fingerprint density at radius 2 is 1.73 bits per heavy atom. The van der Waals surface area contributed by atoms with Gasteiger partial charge in [-0.05, 0) is 68.0 Å². The Labute approximate surface area is 153 Å². The molecule has 1 fully saturated rings. The average Bonchev–Trinajstić information content (AvgIpc) is 2.67. The largest absolute Gasteiger partial charge is 0.508 e. The van der Waals surface area contributed by atoms with Crippen LogP contribution in [-0.4, -0.2) is 34.9 Å². The van der Waals surface area contributed by atoms with E-state index in [0.717, 1.165) is 18.6 Å². The van der Waals surface area contributed by atoms with Gasteiger partial charge in [0.25, 0.3) is 5.91 Å². The topological polar surface area (TPSA) is 78.8 Å². The Kier molecular flexibility index (Phi) is 5.78. The molecule has 0 saturated heterocycles. The van der Waals surface area contributed by atoms with Crippen LogP contribution >= 0.6 is 0 Å². The minimum absolute atomic E-state index is 0.122. The fourth-order valence-corrected chi connectivity index (χ4v) is 3.25. The zero-order valence-corrected chi connectivity index (χ0v) is 14.7. The predicted molar refractivity (Wildman–Crippen MR) is 99.3 cm³/mol. The summed E-state index contributed by atoms with van der Waals surface area (Å²) in [4.78, 5) is 12.1. The number of nitrogens with one attached hydrogen (secondary N) is 1. The van der Waals surface area contributed by atoms with Gasteiger partial charge in [-0.1, -0.05) is 18.2 Å². The minimum atomic E-state index is -0.865. The van der Waals surface area contributed by atoms with Crippen molar-refractivity contribution >= 4 is 5.91 Å². The molecule has 2 aromatic rings. The number of amides is 1. The van der Waals surface area contributed by atoms with Gasteiger partial charge in [-0.2, -0.15) is 0 Å². The van der Waals surface area contributed by atoms with Crippen molar-refractivity contribution in [2.45, 2.75) is 31.3 Å². The van der Waals surface area contributed by atoms with E-state index in [1.54, 1.807) is 12.1 Å². The van der Waals surface area contributed by atoms with E-state index in [-0.39, 0.29) is 18.2 Å². The number of hydrogen-bond donors (Lipinski definition) is 3. The molecule has 0 atom stereocenters. The maximum absolute atomic E-state index is 12.1. The van der Waals surface area contributed by atoms with Crippen LogP contribution in [0.25, 0.3) is 0 Å². The van der Waals surface area contributed by atoms with E-state index in [2.05, 4.69) is 5.32 Å². The molecular weight excluding hydrogens is 330 g/mol. The maximum atomic E-state index is 12.1. The maximum Gasteiger partial charge on any atom is 0.251 e. The second kappa shape index (κ2) is 8.23. The standard InChI is InChI=1S/C21H25NO4/c23-18-8-6-17(7-9-18)20(24)22-15-21(25)12-10-16(11-13-21)14-26-19-4-2-1-3-5-19/h1-9,16,23,25H,10-15H2,(H,22,24)/t16-,21+. The summed E-state index contributed by atoms with van der Waals surface area (Å²) < 4.78 is 5.81. The molecule has 0 spiro atoms. The van der Waals surface area contributed by atoms with Crippen molar-refractivity contribution in [3.05, 3.63) is 60.2 Å². The third kappa shape index (κ3) is 4.99. The highest BCUT2D eigenvalue weighted by Crippen LogP contribution is 2.32. The van der Waals surface area contributed by atoms with E-state index in [1.165, 1.54) is 12.1 Å². The first kappa shape index (κ1) is 18.3. The highest BCUT2D eigenvalue weighted by atomic mass is 16.5. The van der Waals surface area contributed by atoms with Crippen LogP contribution in [0.5, 0.6) is 11.5 Å². The molecule has 0 aromatic heterocycles. The van der Waals surface area contributed by atoms with E-state index in [1.807, 2.05) is 30.3 Å². The van der Waals surface area contributed by atoms with Gasteiger partial charge in [0.2, 0.25) is 0 Å². The molecular formula is C21H25NO4. The summed E-state index contributed by atoms with van der Waals surface area (Å²) in [6, 6.07) is 15.8. The number of phenolic OH excluding ortho intramolecular Hbond substituents is 1. The normalized spacial score (nSPS) is 22.6. The van der Waals surface area contributed by atoms with E-state index < -0.39 is 5.60 Å². The molecule has 0 heterocycles. The first-order chi connectivity index (χ1) is 12.5. The van der Waals surface area contributed by atoms with Crippen LogP contribution in [0.3, 0.4) is 0 Å². The van der Waals surface area contributed by atoms with Gasteiger partial charge >= 0.3 is 0 Å². The van der Waals surface area contributed by atoms with Gasteiger partial charge in [0.05, 0.1) is 12.2 Å². The number of rotatable bonds is 6. The summed E-state index contributed by atoms with van der Waals surface area (Å²) in [7, 11) is 0. The van der Waals surface area contributed by atoms with Crippen molar-refractivity contribution in [3.8, 4) is 11.5 Å². The lowest BCUT2D eigenvalue weighted by molar-refractivity contribution is -0.0129. The van der Waals surface area contributed by atoms with E-state index in [9.17, 15) is 15.0 Å². The quantitative estimate of drug-likeness (QED) is 0.744. The Bertz CT molecular complexity index is 707. The fraction of sp³-hybridized carbons (Fsp3) is 0.381. The van der Waals surface area contributed by atoms with Gasteiger partial charge in [0.1, 0.15) is 11.5 Å². The van der Waals surface area contributed by atoms with Crippen LogP contribution in [0.2, 0.25) is 0 Å². The number of para-hydroxylation sites is 1. The molecule has 1 aliphatic rings. The fourth-order valence-electron chi connectivity index (χ4n) is 3.25. The Balaban J connectivity index is 1.42. The zero-order valence-electron chi connectivity index (χ0n) is 14.7. The molecule has 2 aromatic carbocycles. The van der Waals surface area contributed by atoms with Gasteiger partial charge in [0, 0.05) is 12.1 Å². The number of phenols is 1. The van der Waals surface area contributed by atoms with Crippen LogP contribution in [0.1, 0.15) is 36.0 Å². The van der Waals surface area contributed by atoms with Crippen molar-refractivity contribution in [2.75, 3.05) is 13.2 Å². The number of benzene rings is 2. The Hall–Kier alpha value is -2.53. The summed E-state index contributed by atoms with van der Waals surface area (Å²) in [6.45, 7) is 0.888. The van der Waals surface area contributed by atoms with Gasteiger partial charge < -0.3 is 20.3 Å². The minimum Gasteiger partial charge on any atom is -0.508 e. The number of hydrogen-bond acceptors (Lipinski definition) is 4. The number of aliphatic hydroxyl groups is 1. The second-order valence-electron chi connectivity index (χ2n) is 7.02. The Morgan fingerprint density at radius 1 is 1.08 bits per heavy atom. The molecule has 1 saturated carbocycles. The number of carbonyl (C=O) groups excluding carboxylic acids is 1. The van der Waals surface area contributed by atoms with Crippen molar-refractivity contribution in [1.82, 2.24) is 5.32 Å². The number of ether oxygens (including phenoxy) is 1. The summed E-state index contributed by atoms with van der Waals surface area (Å²) in [5.41, 5.74) is -0.396. The van der Waals surface area contributed by atoms with Gasteiger partial charge in [-0.3, -0.25) is 4.79 Å².